The van der Waals surface area contributed by atoms with Crippen LogP contribution in [0.5, 0.6) is 0 Å². The highest BCUT2D eigenvalue weighted by molar-refractivity contribution is 5.95. The van der Waals surface area contributed by atoms with Gasteiger partial charge in [-0.2, -0.15) is 28.6 Å². The molecular weight excluding hydrogens is 615 g/mol. The second kappa shape index (κ2) is 12.6. The van der Waals surface area contributed by atoms with Crippen molar-refractivity contribution in [3.8, 4) is 28.3 Å². The van der Waals surface area contributed by atoms with Gasteiger partial charge < -0.3 is 14.9 Å². The fourth-order valence-corrected chi connectivity index (χ4v) is 4.88. The van der Waals surface area contributed by atoms with Crippen molar-refractivity contribution in [3.05, 3.63) is 90.1 Å². The molecule has 236 valence electrons. The molecule has 0 atom stereocenters. The number of carbonyl (C=O) groups is 2. The second-order valence-electron chi connectivity index (χ2n) is 10.1. The number of carboxylic acids is 1. The van der Waals surface area contributed by atoms with Crippen molar-refractivity contribution in [3.63, 3.8) is 0 Å². The molecule has 46 heavy (non-hydrogen) atoms. The van der Waals surface area contributed by atoms with Gasteiger partial charge in [-0.15, -0.1) is 0 Å². The largest absolute Gasteiger partial charge is 0.490 e. The van der Waals surface area contributed by atoms with E-state index >= 15 is 0 Å². The van der Waals surface area contributed by atoms with Crippen LogP contribution in [0.1, 0.15) is 15.9 Å². The van der Waals surface area contributed by atoms with E-state index in [1.165, 1.54) is 11.0 Å². The Morgan fingerprint density at radius 1 is 0.913 bits per heavy atom. The molecule has 5 heterocycles. The summed E-state index contributed by atoms with van der Waals surface area (Å²) in [6.07, 6.45) is 3.75. The minimum absolute atomic E-state index is 0.311. The summed E-state index contributed by atoms with van der Waals surface area (Å²) in [7, 11) is 1.85. The Kier molecular flexibility index (Phi) is 8.67. The molecule has 5 aromatic rings. The van der Waals surface area contributed by atoms with Gasteiger partial charge in [-0.1, -0.05) is 6.07 Å². The van der Waals surface area contributed by atoms with Crippen molar-refractivity contribution in [2.45, 2.75) is 6.18 Å². The predicted molar refractivity (Wildman–Crippen MR) is 154 cm³/mol. The van der Waals surface area contributed by atoms with Crippen LogP contribution < -0.4 is 4.90 Å². The second-order valence-corrected chi connectivity index (χ2v) is 10.1. The van der Waals surface area contributed by atoms with E-state index in [0.717, 1.165) is 40.2 Å². The van der Waals surface area contributed by atoms with Gasteiger partial charge in [-0.05, 0) is 30.3 Å². The molecular formula is C30H23F5N8O3. The van der Waals surface area contributed by atoms with Crippen molar-refractivity contribution in [2.75, 3.05) is 31.1 Å². The van der Waals surface area contributed by atoms with Crippen LogP contribution in [0.3, 0.4) is 0 Å². The summed E-state index contributed by atoms with van der Waals surface area (Å²) in [6, 6.07) is 11.4. The third-order valence-electron chi connectivity index (χ3n) is 7.14. The van der Waals surface area contributed by atoms with Crippen LogP contribution in [0.25, 0.3) is 27.8 Å². The lowest BCUT2D eigenvalue weighted by Gasteiger charge is -2.35. The average molecular weight is 639 g/mol. The van der Waals surface area contributed by atoms with Gasteiger partial charge >= 0.3 is 12.1 Å². The van der Waals surface area contributed by atoms with Crippen LogP contribution in [0.2, 0.25) is 0 Å². The van der Waals surface area contributed by atoms with Crippen molar-refractivity contribution >= 4 is 23.2 Å². The van der Waals surface area contributed by atoms with Gasteiger partial charge in [0.25, 0.3) is 5.91 Å². The monoisotopic (exact) mass is 638 g/mol. The molecule has 1 N–H and O–H groups in total. The van der Waals surface area contributed by atoms with Gasteiger partial charge in [-0.3, -0.25) is 9.48 Å². The van der Waals surface area contributed by atoms with E-state index in [1.54, 1.807) is 27.8 Å². The molecule has 0 unspecified atom stereocenters. The minimum atomic E-state index is -5.08. The van der Waals surface area contributed by atoms with Crippen LogP contribution in [0, 0.1) is 23.0 Å². The lowest BCUT2D eigenvalue weighted by molar-refractivity contribution is -0.192. The number of anilines is 1. The molecule has 0 saturated carbocycles. The van der Waals surface area contributed by atoms with E-state index in [1.807, 2.05) is 42.5 Å². The predicted octanol–water partition coefficient (Wildman–Crippen LogP) is 4.54. The summed E-state index contributed by atoms with van der Waals surface area (Å²) in [5, 5.41) is 25.4. The molecule has 4 aromatic heterocycles. The van der Waals surface area contributed by atoms with Gasteiger partial charge in [0.2, 0.25) is 0 Å². The number of halogens is 5. The zero-order valence-electron chi connectivity index (χ0n) is 23.9. The molecule has 0 spiro atoms. The zero-order chi connectivity index (χ0) is 33.2. The van der Waals surface area contributed by atoms with Crippen molar-refractivity contribution in [1.82, 2.24) is 29.3 Å². The van der Waals surface area contributed by atoms with Gasteiger partial charge in [0, 0.05) is 74.1 Å². The number of piperazine rings is 1. The molecule has 1 aromatic carbocycles. The van der Waals surface area contributed by atoms with E-state index in [9.17, 15) is 32.0 Å². The Labute approximate surface area is 257 Å². The minimum Gasteiger partial charge on any atom is -0.475 e. The number of aliphatic carboxylic acids is 1. The number of aromatic nitrogens is 5. The standard InChI is InChI=1S/C28H22F2N8O.C2HF3O2/c1-35-16-21(15-33-35)19-11-22(27-20(12-31)14-34-38(27)17-19)18-5-6-25(32-13-18)36-7-9-37(10-8-36)28(39)26-23(29)3-2-4-24(26)30;3-2(4,5)1(6)7/h2-6,11,13-17H,7-10H2,1H3;(H,6,7). The lowest BCUT2D eigenvalue weighted by Crippen LogP contribution is -2.49. The fraction of sp³-hybridized carbons (Fsp3) is 0.200. The number of fused-ring (bicyclic) bond motifs is 1. The number of benzene rings is 1. The van der Waals surface area contributed by atoms with Gasteiger partial charge in [0.05, 0.1) is 23.5 Å². The summed E-state index contributed by atoms with van der Waals surface area (Å²) in [6.45, 7) is 1.56. The number of hydrogen-bond acceptors (Lipinski definition) is 7. The number of hydrogen-bond donors (Lipinski definition) is 1. The van der Waals surface area contributed by atoms with Gasteiger partial charge in [-0.25, -0.2) is 23.1 Å². The first kappa shape index (κ1) is 31.6. The van der Waals surface area contributed by atoms with Crippen molar-refractivity contribution in [1.29, 1.82) is 5.26 Å². The Bertz CT molecular complexity index is 1940. The molecule has 11 nitrogen and oxygen atoms in total. The molecule has 1 aliphatic heterocycles. The van der Waals surface area contributed by atoms with E-state index in [-0.39, 0.29) is 0 Å². The number of amides is 1. The Morgan fingerprint density at radius 3 is 2.13 bits per heavy atom. The number of pyridine rings is 2. The number of carboxylic acid groups (broad SMARTS) is 1. The molecule has 6 rings (SSSR count). The fourth-order valence-electron chi connectivity index (χ4n) is 4.88. The summed E-state index contributed by atoms with van der Waals surface area (Å²) < 4.78 is 63.3. The number of nitrogens with zero attached hydrogens (tertiary/aromatic N) is 8. The van der Waals surface area contributed by atoms with E-state index in [4.69, 9.17) is 9.90 Å². The summed E-state index contributed by atoms with van der Waals surface area (Å²) >= 11 is 0. The summed E-state index contributed by atoms with van der Waals surface area (Å²) in [5.41, 5.74) is 4.06. The number of alkyl halides is 3. The normalized spacial score (nSPS) is 13.2. The smallest absolute Gasteiger partial charge is 0.475 e. The molecule has 1 saturated heterocycles. The van der Waals surface area contributed by atoms with Crippen LogP contribution >= 0.6 is 0 Å². The highest BCUT2D eigenvalue weighted by Gasteiger charge is 2.38. The van der Waals surface area contributed by atoms with Crippen LogP contribution in [0.15, 0.2) is 67.4 Å². The van der Waals surface area contributed by atoms with Gasteiger partial charge in [0.1, 0.15) is 29.1 Å². The molecule has 0 bridgehead atoms. The summed E-state index contributed by atoms with van der Waals surface area (Å²) in [4.78, 5) is 29.8. The quantitative estimate of drug-likeness (QED) is 0.284. The van der Waals surface area contributed by atoms with Crippen LogP contribution in [0.4, 0.5) is 27.8 Å². The molecule has 0 radical (unpaired) electrons. The van der Waals surface area contributed by atoms with Crippen molar-refractivity contribution in [2.24, 2.45) is 7.05 Å². The first-order valence-electron chi connectivity index (χ1n) is 13.5. The van der Waals surface area contributed by atoms with E-state index in [0.29, 0.717) is 37.3 Å². The number of nitriles is 1. The topological polar surface area (TPSA) is 133 Å². The third kappa shape index (κ3) is 6.48. The summed E-state index contributed by atoms with van der Waals surface area (Å²) in [5.74, 6) is -4.41. The molecule has 1 aliphatic rings. The van der Waals surface area contributed by atoms with Crippen LogP contribution in [-0.4, -0.2) is 78.6 Å². The third-order valence-corrected chi connectivity index (χ3v) is 7.14. The van der Waals surface area contributed by atoms with E-state index in [2.05, 4.69) is 21.3 Å². The van der Waals surface area contributed by atoms with Crippen molar-refractivity contribution < 1.29 is 36.6 Å². The maximum Gasteiger partial charge on any atom is 0.490 e. The molecule has 1 fully saturated rings. The average Bonchev–Trinajstić information content (AvgIpc) is 3.66. The SMILES string of the molecule is Cn1cc(-c2cc(-c3ccc(N4CCN(C(=O)c5c(F)cccc5F)CC4)nc3)c3c(C#N)cnn3c2)cn1.O=C(O)C(F)(F)F. The van der Waals surface area contributed by atoms with Gasteiger partial charge in [0.15, 0.2) is 0 Å². The van der Waals surface area contributed by atoms with E-state index < -0.39 is 35.3 Å². The Morgan fingerprint density at radius 2 is 1.59 bits per heavy atom. The Balaban J connectivity index is 0.000000537. The molecule has 16 heteroatoms. The maximum atomic E-state index is 14.1. The van der Waals surface area contributed by atoms with Crippen LogP contribution in [-0.2, 0) is 11.8 Å². The maximum absolute atomic E-state index is 14.1. The number of carbonyl (C=O) groups excluding carboxylic acids is 1. The zero-order valence-corrected chi connectivity index (χ0v) is 23.9. The number of aryl methyl sites for hydroxylation is 1. The highest BCUT2D eigenvalue weighted by Crippen LogP contribution is 2.32. The number of rotatable bonds is 4. The molecule has 1 amide bonds. The lowest BCUT2D eigenvalue weighted by atomic mass is 10.0. The first-order valence-corrected chi connectivity index (χ1v) is 13.5. The highest BCUT2D eigenvalue weighted by atomic mass is 19.4. The first-order chi connectivity index (χ1) is 21.9. The molecule has 0 aliphatic carbocycles. The Hall–Kier alpha value is -5.85.